The maximum absolute atomic E-state index is 14.9. The lowest BCUT2D eigenvalue weighted by atomic mass is 9.94. The SMILES string of the molecule is COc1ccc(C(=N)c2c(N)ncnc2NC(C)/C(=N/c2cccc(Cl)c2C)N(C=O)C2CCCCC2)c(F)c1F. The van der Waals surface area contributed by atoms with Crippen molar-refractivity contribution < 1.29 is 18.3 Å². The summed E-state index contributed by atoms with van der Waals surface area (Å²) in [6, 6.07) is 7.12. The molecule has 9 nitrogen and oxygen atoms in total. The third-order valence-electron chi connectivity index (χ3n) is 7.22. The van der Waals surface area contributed by atoms with Gasteiger partial charge in [-0.25, -0.2) is 19.4 Å². The van der Waals surface area contributed by atoms with Gasteiger partial charge >= 0.3 is 0 Å². The van der Waals surface area contributed by atoms with Crippen molar-refractivity contribution in [3.05, 3.63) is 70.0 Å². The van der Waals surface area contributed by atoms with Gasteiger partial charge in [0.25, 0.3) is 0 Å². The molecule has 1 saturated carbocycles. The largest absolute Gasteiger partial charge is 0.494 e. The molecule has 0 bridgehead atoms. The maximum atomic E-state index is 14.9. The van der Waals surface area contributed by atoms with E-state index in [1.54, 1.807) is 24.0 Å². The molecular weight excluding hydrogens is 552 g/mol. The lowest BCUT2D eigenvalue weighted by molar-refractivity contribution is -0.116. The average molecular weight is 584 g/mol. The molecule has 1 atom stereocenters. The van der Waals surface area contributed by atoms with Gasteiger partial charge in [0.05, 0.1) is 30.1 Å². The molecule has 0 aliphatic heterocycles. The van der Waals surface area contributed by atoms with E-state index >= 15 is 0 Å². The van der Waals surface area contributed by atoms with Crippen LogP contribution in [-0.4, -0.2) is 52.0 Å². The van der Waals surface area contributed by atoms with Crippen molar-refractivity contribution in [2.24, 2.45) is 4.99 Å². The second-order valence-corrected chi connectivity index (χ2v) is 10.2. The van der Waals surface area contributed by atoms with E-state index in [-0.39, 0.29) is 34.6 Å². The van der Waals surface area contributed by atoms with Crippen molar-refractivity contribution >= 4 is 46.9 Å². The molecule has 3 aromatic rings. The first-order valence-corrected chi connectivity index (χ1v) is 13.6. The zero-order chi connectivity index (χ0) is 29.7. The van der Waals surface area contributed by atoms with Crippen LogP contribution in [0.1, 0.15) is 55.7 Å². The predicted octanol–water partition coefficient (Wildman–Crippen LogP) is 6.05. The molecule has 1 heterocycles. The van der Waals surface area contributed by atoms with Gasteiger partial charge in [-0.2, -0.15) is 4.39 Å². The monoisotopic (exact) mass is 583 g/mol. The van der Waals surface area contributed by atoms with E-state index in [1.807, 2.05) is 13.0 Å². The molecule has 41 heavy (non-hydrogen) atoms. The summed E-state index contributed by atoms with van der Waals surface area (Å²) in [5, 5.41) is 12.4. The molecule has 216 valence electrons. The molecule has 0 saturated heterocycles. The fraction of sp³-hybridized carbons (Fsp3) is 0.345. The number of carbonyl (C=O) groups is 1. The molecule has 1 unspecified atom stereocenters. The van der Waals surface area contributed by atoms with Gasteiger partial charge in [-0.05, 0) is 56.5 Å². The van der Waals surface area contributed by atoms with Gasteiger partial charge < -0.3 is 15.8 Å². The highest BCUT2D eigenvalue weighted by Crippen LogP contribution is 2.31. The molecule has 1 aliphatic rings. The highest BCUT2D eigenvalue weighted by molar-refractivity contribution is 6.31. The van der Waals surface area contributed by atoms with Crippen LogP contribution in [0.2, 0.25) is 5.02 Å². The second kappa shape index (κ2) is 13.0. The van der Waals surface area contributed by atoms with Crippen molar-refractivity contribution in [2.45, 2.75) is 58.0 Å². The molecule has 2 aromatic carbocycles. The number of ether oxygens (including phenoxy) is 1. The molecule has 1 fully saturated rings. The summed E-state index contributed by atoms with van der Waals surface area (Å²) in [6.07, 6.45) is 6.73. The highest BCUT2D eigenvalue weighted by Gasteiger charge is 2.29. The number of amidine groups is 1. The van der Waals surface area contributed by atoms with Gasteiger partial charge in [0, 0.05) is 16.6 Å². The van der Waals surface area contributed by atoms with Crippen LogP contribution in [0.3, 0.4) is 0 Å². The lowest BCUT2D eigenvalue weighted by Crippen LogP contribution is -2.47. The van der Waals surface area contributed by atoms with Gasteiger partial charge in [-0.3, -0.25) is 15.1 Å². The normalized spacial score (nSPS) is 14.8. The molecule has 1 aromatic heterocycles. The summed E-state index contributed by atoms with van der Waals surface area (Å²) in [6.45, 7) is 3.63. The van der Waals surface area contributed by atoms with Crippen molar-refractivity contribution in [1.29, 1.82) is 5.41 Å². The van der Waals surface area contributed by atoms with Crippen molar-refractivity contribution in [3.8, 4) is 5.75 Å². The van der Waals surface area contributed by atoms with E-state index in [9.17, 15) is 13.6 Å². The number of benzene rings is 2. The molecular formula is C29H32ClF2N7O2. The van der Waals surface area contributed by atoms with Crippen LogP contribution in [0.4, 0.5) is 26.1 Å². The van der Waals surface area contributed by atoms with Gasteiger partial charge in [-0.15, -0.1) is 0 Å². The van der Waals surface area contributed by atoms with Crippen LogP contribution < -0.4 is 15.8 Å². The molecule has 4 N–H and O–H groups in total. The second-order valence-electron chi connectivity index (χ2n) is 9.83. The molecule has 0 spiro atoms. The van der Waals surface area contributed by atoms with Gasteiger partial charge in [0.2, 0.25) is 12.2 Å². The number of rotatable bonds is 9. The van der Waals surface area contributed by atoms with E-state index < -0.39 is 23.4 Å². The third-order valence-corrected chi connectivity index (χ3v) is 7.63. The van der Waals surface area contributed by atoms with Gasteiger partial charge in [-0.1, -0.05) is 36.9 Å². The first kappa shape index (κ1) is 29.9. The Bertz CT molecular complexity index is 1480. The standard InChI is InChI=1S/C29H32ClF2N7O2/c1-16-20(30)10-7-11-21(16)38-29(39(15-40)18-8-5-4-6-9-18)17(2)37-28-23(27(34)35-14-36-28)26(33)19-12-13-22(41-3)25(32)24(19)31/h7,10-15,17-18,33H,4-6,8-9H2,1-3H3,(H3,34,35,36,37)/b33-26?,38-29-. The van der Waals surface area contributed by atoms with Crippen LogP contribution in [0.5, 0.6) is 5.75 Å². The first-order chi connectivity index (χ1) is 19.7. The number of amides is 1. The Kier molecular flexibility index (Phi) is 9.49. The van der Waals surface area contributed by atoms with Gasteiger partial charge in [0.1, 0.15) is 23.8 Å². The number of nitrogens with zero attached hydrogens (tertiary/aromatic N) is 4. The summed E-state index contributed by atoms with van der Waals surface area (Å²) >= 11 is 6.36. The number of nitrogens with one attached hydrogen (secondary N) is 2. The number of aromatic nitrogens is 2. The fourth-order valence-corrected chi connectivity index (χ4v) is 5.12. The predicted molar refractivity (Wildman–Crippen MR) is 156 cm³/mol. The minimum Gasteiger partial charge on any atom is -0.494 e. The molecule has 4 rings (SSSR count). The number of hydrogen-bond acceptors (Lipinski definition) is 8. The van der Waals surface area contributed by atoms with Crippen LogP contribution >= 0.6 is 11.6 Å². The topological polar surface area (TPSA) is 130 Å². The number of halogens is 3. The van der Waals surface area contributed by atoms with Crippen molar-refractivity contribution in [1.82, 2.24) is 14.9 Å². The summed E-state index contributed by atoms with van der Waals surface area (Å²) in [5.74, 6) is -2.39. The average Bonchev–Trinajstić information content (AvgIpc) is 2.97. The summed E-state index contributed by atoms with van der Waals surface area (Å²) in [4.78, 5) is 27.2. The Hall–Kier alpha value is -4.12. The van der Waals surface area contributed by atoms with E-state index in [1.165, 1.54) is 25.6 Å². The molecule has 0 radical (unpaired) electrons. The first-order valence-electron chi connectivity index (χ1n) is 13.2. The minimum absolute atomic E-state index is 0.0311. The third kappa shape index (κ3) is 6.30. The number of nitrogens with two attached hydrogens (primary N) is 1. The Morgan fingerprint density at radius 2 is 1.95 bits per heavy atom. The number of methoxy groups -OCH3 is 1. The lowest BCUT2D eigenvalue weighted by Gasteiger charge is -2.34. The quantitative estimate of drug-likeness (QED) is 0.160. The Morgan fingerprint density at radius 1 is 1.22 bits per heavy atom. The number of nitrogen functional groups attached to an aromatic ring is 1. The van der Waals surface area contributed by atoms with Crippen LogP contribution in [0, 0.1) is 24.0 Å². The smallest absolute Gasteiger partial charge is 0.215 e. The summed E-state index contributed by atoms with van der Waals surface area (Å²) in [5.41, 5.74) is 6.67. The minimum atomic E-state index is -1.26. The highest BCUT2D eigenvalue weighted by atomic mass is 35.5. The molecule has 1 aliphatic carbocycles. The maximum Gasteiger partial charge on any atom is 0.215 e. The summed E-state index contributed by atoms with van der Waals surface area (Å²) < 4.78 is 34.3. The Balaban J connectivity index is 1.77. The Morgan fingerprint density at radius 3 is 2.63 bits per heavy atom. The number of hydrogen-bond donors (Lipinski definition) is 3. The van der Waals surface area contributed by atoms with E-state index in [0.717, 1.165) is 44.1 Å². The van der Waals surface area contributed by atoms with E-state index in [4.69, 9.17) is 32.5 Å². The number of carbonyl (C=O) groups excluding carboxylic acids is 1. The van der Waals surface area contributed by atoms with Crippen molar-refractivity contribution in [2.75, 3.05) is 18.2 Å². The van der Waals surface area contributed by atoms with Crippen LogP contribution in [0.15, 0.2) is 41.7 Å². The van der Waals surface area contributed by atoms with Crippen LogP contribution in [0.25, 0.3) is 0 Å². The fourth-order valence-electron chi connectivity index (χ4n) is 4.95. The Labute approximate surface area is 242 Å². The molecule has 12 heteroatoms. The van der Waals surface area contributed by atoms with Crippen LogP contribution in [-0.2, 0) is 4.79 Å². The van der Waals surface area contributed by atoms with Gasteiger partial charge in [0.15, 0.2) is 11.6 Å². The van der Waals surface area contributed by atoms with E-state index in [0.29, 0.717) is 16.5 Å². The zero-order valence-electron chi connectivity index (χ0n) is 23.0. The zero-order valence-corrected chi connectivity index (χ0v) is 23.8. The van der Waals surface area contributed by atoms with E-state index in [2.05, 4.69) is 15.3 Å². The molecule has 1 amide bonds. The van der Waals surface area contributed by atoms with Crippen molar-refractivity contribution in [3.63, 3.8) is 0 Å². The number of aliphatic imine (C=N–C) groups is 1. The number of anilines is 2. The summed E-state index contributed by atoms with van der Waals surface area (Å²) in [7, 11) is 1.22.